The summed E-state index contributed by atoms with van der Waals surface area (Å²) in [5.74, 6) is -1.03. The van der Waals surface area contributed by atoms with E-state index in [9.17, 15) is 14.4 Å². The maximum Gasteiger partial charge on any atom is 0.310 e. The molecule has 0 aromatic carbocycles. The van der Waals surface area contributed by atoms with Crippen molar-refractivity contribution in [2.24, 2.45) is 0 Å². The van der Waals surface area contributed by atoms with E-state index in [-0.39, 0.29) is 31.6 Å². The van der Waals surface area contributed by atoms with E-state index in [1.807, 2.05) is 6.08 Å². The summed E-state index contributed by atoms with van der Waals surface area (Å²) in [6.45, 7) is 6.47. The Morgan fingerprint density at radius 3 is 0.851 bits per heavy atom. The number of carbonyl (C=O) groups is 3. The van der Waals surface area contributed by atoms with Crippen LogP contribution in [0.2, 0.25) is 0 Å². The van der Waals surface area contributed by atoms with E-state index in [2.05, 4.69) is 69.4 Å². The maximum atomic E-state index is 12.8. The van der Waals surface area contributed by atoms with Crippen LogP contribution in [0.4, 0.5) is 0 Å². The van der Waals surface area contributed by atoms with Gasteiger partial charge < -0.3 is 14.2 Å². The van der Waals surface area contributed by atoms with Gasteiger partial charge in [0.05, 0.1) is 6.42 Å². The van der Waals surface area contributed by atoms with Crippen molar-refractivity contribution in [2.45, 2.75) is 297 Å². The molecule has 0 radical (unpaired) electrons. The smallest absolute Gasteiger partial charge is 0.310 e. The van der Waals surface area contributed by atoms with Crippen LogP contribution in [0.3, 0.4) is 0 Å². The molecule has 0 amide bonds. The zero-order valence-electron chi connectivity index (χ0n) is 44.4. The van der Waals surface area contributed by atoms with Crippen LogP contribution in [0.25, 0.3) is 0 Å². The first-order valence-electron chi connectivity index (χ1n) is 28.8. The predicted octanol–water partition coefficient (Wildman–Crippen LogP) is 19.2. The lowest BCUT2D eigenvalue weighted by Gasteiger charge is -2.18. The molecule has 0 aromatic rings. The van der Waals surface area contributed by atoms with Crippen molar-refractivity contribution in [3.8, 4) is 0 Å². The summed E-state index contributed by atoms with van der Waals surface area (Å²) in [6.07, 6.45) is 69.7. The third-order valence-electron chi connectivity index (χ3n) is 12.6. The minimum atomic E-state index is -0.824. The molecule has 6 nitrogen and oxygen atoms in total. The Kier molecular flexibility index (Phi) is 53.3. The molecular weight excluding hydrogens is 829 g/mol. The van der Waals surface area contributed by atoms with E-state index >= 15 is 0 Å². The minimum absolute atomic E-state index is 0.101. The summed E-state index contributed by atoms with van der Waals surface area (Å²) >= 11 is 0. The molecule has 1 unspecified atom stereocenters. The van der Waals surface area contributed by atoms with Gasteiger partial charge in [0.2, 0.25) is 0 Å². The van der Waals surface area contributed by atoms with Gasteiger partial charge in [-0.2, -0.15) is 0 Å². The summed E-state index contributed by atoms with van der Waals surface area (Å²) in [7, 11) is 0. The molecule has 0 aliphatic rings. The molecule has 0 N–H and O–H groups in total. The molecule has 0 rings (SSSR count). The summed E-state index contributed by atoms with van der Waals surface area (Å²) < 4.78 is 16.7. The second kappa shape index (κ2) is 55.7. The molecule has 6 heteroatoms. The van der Waals surface area contributed by atoms with Crippen molar-refractivity contribution in [2.75, 3.05) is 13.2 Å². The Bertz CT molecular complexity index is 1210. The number of ether oxygens (including phenoxy) is 3. The summed E-state index contributed by atoms with van der Waals surface area (Å²) in [5.41, 5.74) is 0. The van der Waals surface area contributed by atoms with Gasteiger partial charge in [-0.3, -0.25) is 14.4 Å². The van der Waals surface area contributed by atoms with E-state index in [0.717, 1.165) is 70.6 Å². The van der Waals surface area contributed by atoms with Crippen LogP contribution in [0.5, 0.6) is 0 Å². The first-order chi connectivity index (χ1) is 33.0. The average molecular weight is 938 g/mol. The number of allylic oxidation sites excluding steroid dienone is 9. The van der Waals surface area contributed by atoms with Gasteiger partial charge in [0.25, 0.3) is 0 Å². The first-order valence-corrected chi connectivity index (χ1v) is 28.8. The highest BCUT2D eigenvalue weighted by molar-refractivity contribution is 5.72. The zero-order chi connectivity index (χ0) is 48.6. The van der Waals surface area contributed by atoms with Gasteiger partial charge in [0.1, 0.15) is 13.2 Å². The molecule has 0 aliphatic heterocycles. The molecular formula is C61H108O6. The van der Waals surface area contributed by atoms with Crippen LogP contribution in [0.15, 0.2) is 60.8 Å². The Labute approximate surface area is 415 Å². The summed E-state index contributed by atoms with van der Waals surface area (Å²) in [5, 5.41) is 0. The molecule has 0 aliphatic carbocycles. The number of hydrogen-bond acceptors (Lipinski definition) is 6. The third kappa shape index (κ3) is 53.9. The second-order valence-corrected chi connectivity index (χ2v) is 19.2. The van der Waals surface area contributed by atoms with Gasteiger partial charge in [0.15, 0.2) is 6.10 Å². The average Bonchev–Trinajstić information content (AvgIpc) is 3.33. The highest BCUT2D eigenvalue weighted by atomic mass is 16.6. The van der Waals surface area contributed by atoms with Crippen LogP contribution < -0.4 is 0 Å². The van der Waals surface area contributed by atoms with Gasteiger partial charge in [-0.05, 0) is 44.9 Å². The van der Waals surface area contributed by atoms with Crippen molar-refractivity contribution in [3.05, 3.63) is 60.8 Å². The van der Waals surface area contributed by atoms with E-state index in [4.69, 9.17) is 14.2 Å². The topological polar surface area (TPSA) is 78.9 Å². The first kappa shape index (κ1) is 64.1. The zero-order valence-corrected chi connectivity index (χ0v) is 44.4. The Hall–Kier alpha value is -2.89. The normalized spacial score (nSPS) is 12.5. The molecule has 388 valence electrons. The van der Waals surface area contributed by atoms with E-state index in [1.165, 1.54) is 180 Å². The number of carbonyl (C=O) groups excluding carboxylic acids is 3. The molecule has 0 bridgehead atoms. The van der Waals surface area contributed by atoms with Crippen molar-refractivity contribution in [1.82, 2.24) is 0 Å². The number of rotatable bonds is 52. The number of esters is 3. The van der Waals surface area contributed by atoms with Crippen molar-refractivity contribution < 1.29 is 28.6 Å². The molecule has 0 saturated heterocycles. The highest BCUT2D eigenvalue weighted by Gasteiger charge is 2.19. The van der Waals surface area contributed by atoms with Crippen LogP contribution in [0, 0.1) is 0 Å². The molecule has 1 atom stereocenters. The van der Waals surface area contributed by atoms with Crippen molar-refractivity contribution >= 4 is 17.9 Å². The van der Waals surface area contributed by atoms with Crippen molar-refractivity contribution in [1.29, 1.82) is 0 Å². The molecule has 0 aromatic heterocycles. The third-order valence-corrected chi connectivity index (χ3v) is 12.6. The van der Waals surface area contributed by atoms with E-state index in [1.54, 1.807) is 6.08 Å². The summed E-state index contributed by atoms with van der Waals surface area (Å²) in [6, 6.07) is 0. The van der Waals surface area contributed by atoms with Gasteiger partial charge >= 0.3 is 17.9 Å². The molecule has 0 saturated carbocycles. The highest BCUT2D eigenvalue weighted by Crippen LogP contribution is 2.17. The quantitative estimate of drug-likeness (QED) is 0.0262. The van der Waals surface area contributed by atoms with E-state index in [0.29, 0.717) is 12.8 Å². The van der Waals surface area contributed by atoms with Gasteiger partial charge in [-0.25, -0.2) is 0 Å². The van der Waals surface area contributed by atoms with Crippen LogP contribution in [-0.2, 0) is 28.6 Å². The van der Waals surface area contributed by atoms with Crippen LogP contribution in [-0.4, -0.2) is 37.2 Å². The molecule has 0 heterocycles. The van der Waals surface area contributed by atoms with Gasteiger partial charge in [0, 0.05) is 12.8 Å². The van der Waals surface area contributed by atoms with E-state index < -0.39 is 12.1 Å². The van der Waals surface area contributed by atoms with Crippen molar-refractivity contribution in [3.63, 3.8) is 0 Å². The lowest BCUT2D eigenvalue weighted by Crippen LogP contribution is -2.30. The Morgan fingerprint density at radius 1 is 0.313 bits per heavy atom. The molecule has 0 fully saturated rings. The Morgan fingerprint density at radius 2 is 0.567 bits per heavy atom. The fourth-order valence-electron chi connectivity index (χ4n) is 8.28. The minimum Gasteiger partial charge on any atom is -0.462 e. The standard InChI is InChI=1S/C61H108O6/c1-4-7-10-13-16-19-22-24-26-27-28-29-30-31-32-33-35-36-39-42-45-48-51-54-60(63)66-57-58(56-65-59(62)53-50-47-44-41-38-21-18-15-12-9-6-3)67-61(64)55-52-49-46-43-40-37-34-25-23-20-17-14-11-8-5-2/h8,11,17,20,25,34,40,43,49,52,58H,4-7,9-10,12-16,18-19,21-24,26-33,35-39,41-42,44-48,50-51,53-57H2,1-3H3/b11-8-,20-17-,34-25-,43-40-,52-49-. The predicted molar refractivity (Wildman–Crippen MR) is 288 cm³/mol. The molecule has 67 heavy (non-hydrogen) atoms. The lowest BCUT2D eigenvalue weighted by atomic mass is 10.0. The largest absolute Gasteiger partial charge is 0.462 e. The summed E-state index contributed by atoms with van der Waals surface area (Å²) in [4.78, 5) is 38.0. The van der Waals surface area contributed by atoms with Gasteiger partial charge in [-0.1, -0.05) is 287 Å². The fraction of sp³-hybridized carbons (Fsp3) is 0.787. The monoisotopic (exact) mass is 937 g/mol. The molecule has 0 spiro atoms. The lowest BCUT2D eigenvalue weighted by molar-refractivity contribution is -0.166. The second-order valence-electron chi connectivity index (χ2n) is 19.2. The number of unbranched alkanes of at least 4 members (excludes halogenated alkanes) is 32. The SMILES string of the molecule is CC/C=C\C/C=C\C/C=C\C/C=C\C/C=C\CC(=O)OC(COC(=O)CCCCCCCCCCCCC)COC(=O)CCCCCCCCCCCCCCCCCCCCCCCCC. The van der Waals surface area contributed by atoms with Crippen LogP contribution in [0.1, 0.15) is 290 Å². The fourth-order valence-corrected chi connectivity index (χ4v) is 8.28. The Balaban J connectivity index is 4.31. The maximum absolute atomic E-state index is 12.8. The van der Waals surface area contributed by atoms with Gasteiger partial charge in [-0.15, -0.1) is 0 Å². The van der Waals surface area contributed by atoms with Crippen LogP contribution >= 0.6 is 0 Å². The number of hydrogen-bond donors (Lipinski definition) is 0.